The van der Waals surface area contributed by atoms with Gasteiger partial charge in [0.1, 0.15) is 0 Å². The van der Waals surface area contributed by atoms with Crippen LogP contribution in [0.25, 0.3) is 0 Å². The van der Waals surface area contributed by atoms with Gasteiger partial charge in [-0.1, -0.05) is 18.2 Å². The minimum atomic E-state index is -0.0759. The molecule has 1 aromatic carbocycles. The first-order valence-electron chi connectivity index (χ1n) is 6.69. The highest BCUT2D eigenvalue weighted by atomic mass is 16.3. The molecule has 2 saturated heterocycles. The quantitative estimate of drug-likeness (QED) is 0.803. The van der Waals surface area contributed by atoms with Crippen LogP contribution in [0.5, 0.6) is 0 Å². The number of anilines is 1. The topological polar surface area (TPSA) is 23.5 Å². The SMILES string of the molecule is Cc1cccc(C)c1N1C2CCC1CC(O)C2. The van der Waals surface area contributed by atoms with Crippen LogP contribution in [-0.2, 0) is 0 Å². The fourth-order valence-corrected chi connectivity index (χ4v) is 3.73. The average Bonchev–Trinajstić information content (AvgIpc) is 2.54. The summed E-state index contributed by atoms with van der Waals surface area (Å²) in [7, 11) is 0. The molecular weight excluding hydrogens is 210 g/mol. The molecule has 0 radical (unpaired) electrons. The smallest absolute Gasteiger partial charge is 0.0579 e. The summed E-state index contributed by atoms with van der Waals surface area (Å²) in [4.78, 5) is 2.59. The summed E-state index contributed by atoms with van der Waals surface area (Å²) >= 11 is 0. The Labute approximate surface area is 103 Å². The molecule has 0 spiro atoms. The lowest BCUT2D eigenvalue weighted by atomic mass is 9.96. The van der Waals surface area contributed by atoms with Gasteiger partial charge in [0.2, 0.25) is 0 Å². The maximum Gasteiger partial charge on any atom is 0.0579 e. The number of aliphatic hydroxyl groups is 1. The number of nitrogens with zero attached hydrogens (tertiary/aromatic N) is 1. The molecule has 0 saturated carbocycles. The van der Waals surface area contributed by atoms with E-state index in [-0.39, 0.29) is 6.10 Å². The van der Waals surface area contributed by atoms with Gasteiger partial charge in [0.05, 0.1) is 6.10 Å². The summed E-state index contributed by atoms with van der Waals surface area (Å²) in [6.07, 6.45) is 4.31. The Morgan fingerprint density at radius 1 is 1.06 bits per heavy atom. The molecule has 2 aliphatic heterocycles. The summed E-state index contributed by atoms with van der Waals surface area (Å²) in [6.45, 7) is 4.40. The zero-order chi connectivity index (χ0) is 12.0. The Balaban J connectivity index is 2.00. The van der Waals surface area contributed by atoms with Gasteiger partial charge in [-0.05, 0) is 50.7 Å². The van der Waals surface area contributed by atoms with Gasteiger partial charge in [0, 0.05) is 17.8 Å². The second-order valence-corrected chi connectivity index (χ2v) is 5.66. The van der Waals surface area contributed by atoms with Gasteiger partial charge < -0.3 is 10.0 Å². The van der Waals surface area contributed by atoms with Crippen LogP contribution in [0.2, 0.25) is 0 Å². The van der Waals surface area contributed by atoms with E-state index in [4.69, 9.17) is 0 Å². The fourth-order valence-electron chi connectivity index (χ4n) is 3.73. The minimum absolute atomic E-state index is 0.0759. The molecule has 92 valence electrons. The van der Waals surface area contributed by atoms with Gasteiger partial charge in [-0.2, -0.15) is 0 Å². The van der Waals surface area contributed by atoms with Crippen molar-refractivity contribution in [2.24, 2.45) is 0 Å². The molecule has 3 rings (SSSR count). The van der Waals surface area contributed by atoms with Crippen LogP contribution >= 0.6 is 0 Å². The standard InChI is InChI=1S/C15H21NO/c1-10-4-3-5-11(2)15(10)16-12-6-7-13(16)9-14(17)8-12/h3-5,12-14,17H,6-9H2,1-2H3. The van der Waals surface area contributed by atoms with Crippen molar-refractivity contribution in [2.45, 2.75) is 57.7 Å². The maximum absolute atomic E-state index is 9.87. The highest BCUT2D eigenvalue weighted by Gasteiger charge is 2.40. The molecule has 2 heterocycles. The Morgan fingerprint density at radius 3 is 2.12 bits per heavy atom. The van der Waals surface area contributed by atoms with E-state index in [1.807, 2.05) is 0 Å². The monoisotopic (exact) mass is 231 g/mol. The zero-order valence-electron chi connectivity index (χ0n) is 10.7. The van der Waals surface area contributed by atoms with Crippen molar-refractivity contribution in [2.75, 3.05) is 4.90 Å². The summed E-state index contributed by atoms with van der Waals surface area (Å²) in [5.74, 6) is 0. The van der Waals surface area contributed by atoms with Gasteiger partial charge in [0.25, 0.3) is 0 Å². The number of piperidine rings is 1. The van der Waals surface area contributed by atoms with Crippen LogP contribution in [0, 0.1) is 13.8 Å². The van der Waals surface area contributed by atoms with Crippen molar-refractivity contribution in [3.8, 4) is 0 Å². The van der Waals surface area contributed by atoms with Crippen LogP contribution < -0.4 is 4.90 Å². The second-order valence-electron chi connectivity index (χ2n) is 5.66. The first kappa shape index (κ1) is 11.1. The van der Waals surface area contributed by atoms with Gasteiger partial charge >= 0.3 is 0 Å². The molecule has 17 heavy (non-hydrogen) atoms. The van der Waals surface area contributed by atoms with E-state index in [2.05, 4.69) is 36.9 Å². The lowest BCUT2D eigenvalue weighted by Gasteiger charge is -2.40. The van der Waals surface area contributed by atoms with E-state index >= 15 is 0 Å². The van der Waals surface area contributed by atoms with Crippen LogP contribution in [0.1, 0.15) is 36.8 Å². The molecule has 2 heteroatoms. The molecule has 0 aromatic heterocycles. The van der Waals surface area contributed by atoms with Gasteiger partial charge in [0.15, 0.2) is 0 Å². The number of hydrogen-bond acceptors (Lipinski definition) is 2. The zero-order valence-corrected chi connectivity index (χ0v) is 10.7. The van der Waals surface area contributed by atoms with Crippen LogP contribution in [0.3, 0.4) is 0 Å². The number of fused-ring (bicyclic) bond motifs is 2. The predicted octanol–water partition coefficient (Wildman–Crippen LogP) is 2.80. The van der Waals surface area contributed by atoms with Crippen molar-refractivity contribution in [1.82, 2.24) is 0 Å². The van der Waals surface area contributed by atoms with Gasteiger partial charge in [-0.25, -0.2) is 0 Å². The number of hydrogen-bond donors (Lipinski definition) is 1. The molecule has 2 aliphatic rings. The Hall–Kier alpha value is -1.02. The second kappa shape index (κ2) is 4.02. The third kappa shape index (κ3) is 1.75. The molecule has 2 bridgehead atoms. The third-order valence-electron chi connectivity index (χ3n) is 4.41. The van der Waals surface area contributed by atoms with Crippen LogP contribution in [0.4, 0.5) is 5.69 Å². The van der Waals surface area contributed by atoms with E-state index < -0.39 is 0 Å². The third-order valence-corrected chi connectivity index (χ3v) is 4.41. The normalized spacial score (nSPS) is 31.9. The van der Waals surface area contributed by atoms with E-state index in [9.17, 15) is 5.11 Å². The first-order chi connectivity index (χ1) is 8.16. The number of benzene rings is 1. The Morgan fingerprint density at radius 2 is 1.59 bits per heavy atom. The van der Waals surface area contributed by atoms with Crippen molar-refractivity contribution >= 4 is 5.69 Å². The number of para-hydroxylation sites is 1. The summed E-state index contributed by atoms with van der Waals surface area (Å²) in [5, 5.41) is 9.87. The van der Waals surface area contributed by atoms with Crippen molar-refractivity contribution in [1.29, 1.82) is 0 Å². The predicted molar refractivity (Wildman–Crippen MR) is 70.4 cm³/mol. The Kier molecular flexibility index (Phi) is 2.62. The lowest BCUT2D eigenvalue weighted by Crippen LogP contribution is -2.45. The molecular formula is C15H21NO. The molecule has 2 fully saturated rings. The molecule has 1 N–H and O–H groups in total. The minimum Gasteiger partial charge on any atom is -0.393 e. The van der Waals surface area contributed by atoms with Crippen LogP contribution in [0.15, 0.2) is 18.2 Å². The number of rotatable bonds is 1. The lowest BCUT2D eigenvalue weighted by molar-refractivity contribution is 0.126. The van der Waals surface area contributed by atoms with Crippen molar-refractivity contribution in [3.63, 3.8) is 0 Å². The summed E-state index contributed by atoms with van der Waals surface area (Å²) in [6, 6.07) is 7.65. The van der Waals surface area contributed by atoms with Crippen molar-refractivity contribution < 1.29 is 5.11 Å². The van der Waals surface area contributed by atoms with E-state index in [1.54, 1.807) is 0 Å². The highest BCUT2D eigenvalue weighted by molar-refractivity contribution is 5.61. The molecule has 2 atom stereocenters. The molecule has 2 nitrogen and oxygen atoms in total. The highest BCUT2D eigenvalue weighted by Crippen LogP contribution is 2.41. The Bertz CT molecular complexity index is 395. The van der Waals surface area contributed by atoms with Crippen LogP contribution in [-0.4, -0.2) is 23.3 Å². The maximum atomic E-state index is 9.87. The fraction of sp³-hybridized carbons (Fsp3) is 0.600. The molecule has 2 unspecified atom stereocenters. The number of aryl methyl sites for hydroxylation is 2. The van der Waals surface area contributed by atoms with Crippen molar-refractivity contribution in [3.05, 3.63) is 29.3 Å². The molecule has 1 aromatic rings. The summed E-state index contributed by atoms with van der Waals surface area (Å²) < 4.78 is 0. The average molecular weight is 231 g/mol. The molecule has 0 aliphatic carbocycles. The largest absolute Gasteiger partial charge is 0.393 e. The van der Waals surface area contributed by atoms with Gasteiger partial charge in [-0.3, -0.25) is 0 Å². The molecule has 0 amide bonds. The summed E-state index contributed by atoms with van der Waals surface area (Å²) in [5.41, 5.74) is 4.17. The van der Waals surface area contributed by atoms with Gasteiger partial charge in [-0.15, -0.1) is 0 Å². The van der Waals surface area contributed by atoms with E-state index in [1.165, 1.54) is 29.7 Å². The first-order valence-corrected chi connectivity index (χ1v) is 6.69. The number of aliphatic hydroxyl groups excluding tert-OH is 1. The van der Waals surface area contributed by atoms with E-state index in [0.29, 0.717) is 12.1 Å². The van der Waals surface area contributed by atoms with E-state index in [0.717, 1.165) is 12.8 Å².